The molecule has 0 saturated carbocycles. The van der Waals surface area contributed by atoms with E-state index in [1.807, 2.05) is 0 Å². The van der Waals surface area contributed by atoms with E-state index in [2.05, 4.69) is 5.32 Å². The molecule has 0 aromatic carbocycles. The van der Waals surface area contributed by atoms with Gasteiger partial charge in [-0.2, -0.15) is 0 Å². The van der Waals surface area contributed by atoms with Gasteiger partial charge in [-0.05, 0) is 19.7 Å². The number of hydrogen-bond acceptors (Lipinski definition) is 6. The first-order chi connectivity index (χ1) is 8.48. The monoisotopic (exact) mass is 275 g/mol. The van der Waals surface area contributed by atoms with Crippen LogP contribution in [-0.2, 0) is 4.79 Å². The zero-order valence-electron chi connectivity index (χ0n) is 11.7. The fraction of sp³-hybridized carbons (Fsp3) is 0.833. The van der Waals surface area contributed by atoms with Gasteiger partial charge < -0.3 is 31.2 Å². The Labute approximate surface area is 112 Å². The van der Waals surface area contributed by atoms with E-state index in [1.54, 1.807) is 0 Å². The van der Waals surface area contributed by atoms with E-state index in [9.17, 15) is 20.1 Å². The molecule has 0 fully saturated rings. The van der Waals surface area contributed by atoms with E-state index in [0.29, 0.717) is 0 Å². The maximum atomic E-state index is 11.2. The number of carbonyl (C=O) groups excluding carboxylic acids is 1. The molecule has 112 valence electrons. The van der Waals surface area contributed by atoms with Crippen LogP contribution in [0.3, 0.4) is 0 Å². The average molecular weight is 275 g/mol. The molecule has 1 amide bonds. The van der Waals surface area contributed by atoms with Crippen molar-refractivity contribution in [2.45, 2.75) is 51.4 Å². The summed E-state index contributed by atoms with van der Waals surface area (Å²) in [6.07, 6.45) is -1.61. The number of rotatable bonds is 7. The zero-order chi connectivity index (χ0) is 15.4. The van der Waals surface area contributed by atoms with E-state index in [1.165, 1.54) is 27.7 Å². The van der Waals surface area contributed by atoms with Gasteiger partial charge in [-0.3, -0.25) is 4.79 Å². The van der Waals surface area contributed by atoms with Gasteiger partial charge in [-0.25, -0.2) is 0 Å². The van der Waals surface area contributed by atoms with Crippen LogP contribution in [-0.4, -0.2) is 51.0 Å². The molecule has 0 bridgehead atoms. The molecule has 0 aliphatic carbocycles. The first kappa shape index (κ1) is 17.8. The molecule has 0 heterocycles. The van der Waals surface area contributed by atoms with Gasteiger partial charge in [0.25, 0.3) is 0 Å². The third kappa shape index (κ3) is 4.15. The Balaban J connectivity index is 5.43. The summed E-state index contributed by atoms with van der Waals surface area (Å²) in [5.41, 5.74) is -3.09. The molecule has 0 aliphatic rings. The molecule has 0 aromatic rings. The maximum absolute atomic E-state index is 11.2. The van der Waals surface area contributed by atoms with Crippen molar-refractivity contribution in [2.75, 3.05) is 6.61 Å². The topological polar surface area (TPSA) is 137 Å². The van der Waals surface area contributed by atoms with Gasteiger partial charge in [0, 0.05) is 19.3 Å². The van der Waals surface area contributed by atoms with Crippen LogP contribution in [0.2, 0.25) is 0 Å². The SMILES string of the molecule is CC(=O)NC(C)(CC(=N)[O-])C(C)(O)C(C)C(O)CO. The van der Waals surface area contributed by atoms with Crippen LogP contribution in [0.25, 0.3) is 0 Å². The average Bonchev–Trinajstić information content (AvgIpc) is 2.24. The summed E-state index contributed by atoms with van der Waals surface area (Å²) < 4.78 is 0. The Morgan fingerprint density at radius 1 is 1.47 bits per heavy atom. The summed E-state index contributed by atoms with van der Waals surface area (Å²) in [4.78, 5) is 11.2. The smallest absolute Gasteiger partial charge is 0.217 e. The number of amides is 1. The molecular weight excluding hydrogens is 252 g/mol. The van der Waals surface area contributed by atoms with Gasteiger partial charge in [0.1, 0.15) is 0 Å². The van der Waals surface area contributed by atoms with Crippen molar-refractivity contribution < 1.29 is 25.2 Å². The van der Waals surface area contributed by atoms with Crippen molar-refractivity contribution in [3.63, 3.8) is 0 Å². The van der Waals surface area contributed by atoms with Crippen molar-refractivity contribution in [3.05, 3.63) is 0 Å². The number of aliphatic hydroxyl groups is 3. The molecule has 0 radical (unpaired) electrons. The van der Waals surface area contributed by atoms with Crippen molar-refractivity contribution >= 4 is 11.8 Å². The zero-order valence-corrected chi connectivity index (χ0v) is 11.7. The van der Waals surface area contributed by atoms with Gasteiger partial charge in [-0.15, -0.1) is 0 Å². The van der Waals surface area contributed by atoms with Crippen LogP contribution in [0.1, 0.15) is 34.1 Å². The van der Waals surface area contributed by atoms with Crippen LogP contribution in [0.4, 0.5) is 0 Å². The second kappa shape index (κ2) is 6.31. The Morgan fingerprint density at radius 3 is 2.26 bits per heavy atom. The highest BCUT2D eigenvalue weighted by Crippen LogP contribution is 2.34. The minimum absolute atomic E-state index is 0.401. The number of aliphatic hydroxyl groups excluding tert-OH is 2. The maximum Gasteiger partial charge on any atom is 0.217 e. The lowest BCUT2D eigenvalue weighted by Crippen LogP contribution is -2.66. The van der Waals surface area contributed by atoms with E-state index in [4.69, 9.17) is 10.5 Å². The third-order valence-corrected chi connectivity index (χ3v) is 3.73. The second-order valence-electron chi connectivity index (χ2n) is 5.30. The molecule has 4 unspecified atom stereocenters. The summed E-state index contributed by atoms with van der Waals surface area (Å²) >= 11 is 0. The standard InChI is InChI=1S/C12H24N2O5/c1-7(9(17)6-15)12(4,19)11(3,5-10(13)18)14-8(2)16/h7,9,15,17,19H,5-6H2,1-4H3,(H2,13,18)(H,14,16)/p-1. The van der Waals surface area contributed by atoms with Crippen molar-refractivity contribution in [3.8, 4) is 0 Å². The molecule has 4 atom stereocenters. The van der Waals surface area contributed by atoms with Crippen LogP contribution < -0.4 is 10.4 Å². The molecule has 0 aromatic heterocycles. The highest BCUT2D eigenvalue weighted by Gasteiger charge is 2.49. The minimum Gasteiger partial charge on any atom is -0.862 e. The van der Waals surface area contributed by atoms with Gasteiger partial charge in [0.2, 0.25) is 5.91 Å². The van der Waals surface area contributed by atoms with E-state index < -0.39 is 48.0 Å². The molecule has 0 aliphatic heterocycles. The van der Waals surface area contributed by atoms with Crippen LogP contribution in [0.5, 0.6) is 0 Å². The van der Waals surface area contributed by atoms with Gasteiger partial charge in [-0.1, -0.05) is 6.92 Å². The summed E-state index contributed by atoms with van der Waals surface area (Å²) in [7, 11) is 0. The summed E-state index contributed by atoms with van der Waals surface area (Å²) in [6, 6.07) is 0. The number of hydrogen-bond donors (Lipinski definition) is 5. The lowest BCUT2D eigenvalue weighted by molar-refractivity contribution is -0.225. The highest BCUT2D eigenvalue weighted by molar-refractivity contribution is 5.76. The van der Waals surface area contributed by atoms with Gasteiger partial charge in [0.05, 0.1) is 23.9 Å². The summed E-state index contributed by atoms with van der Waals surface area (Å²) in [6.45, 7) is 4.96. The van der Waals surface area contributed by atoms with Crippen molar-refractivity contribution in [1.82, 2.24) is 5.32 Å². The normalized spacial score (nSPS) is 20.8. The first-order valence-electron chi connectivity index (χ1n) is 6.02. The fourth-order valence-electron chi connectivity index (χ4n) is 2.09. The lowest BCUT2D eigenvalue weighted by Gasteiger charge is -2.48. The highest BCUT2D eigenvalue weighted by atomic mass is 16.3. The summed E-state index contributed by atoms with van der Waals surface area (Å²) in [5.74, 6) is -2.22. The minimum atomic E-state index is -1.68. The molecule has 5 N–H and O–H groups in total. The van der Waals surface area contributed by atoms with E-state index in [0.717, 1.165) is 0 Å². The van der Waals surface area contributed by atoms with Crippen LogP contribution in [0.15, 0.2) is 0 Å². The largest absolute Gasteiger partial charge is 0.862 e. The predicted octanol–water partition coefficient (Wildman–Crippen LogP) is -1.65. The van der Waals surface area contributed by atoms with Crippen molar-refractivity contribution in [1.29, 1.82) is 5.41 Å². The van der Waals surface area contributed by atoms with Gasteiger partial charge >= 0.3 is 0 Å². The molecule has 19 heavy (non-hydrogen) atoms. The first-order valence-corrected chi connectivity index (χ1v) is 6.02. The third-order valence-electron chi connectivity index (χ3n) is 3.73. The van der Waals surface area contributed by atoms with Crippen LogP contribution >= 0.6 is 0 Å². The van der Waals surface area contributed by atoms with E-state index in [-0.39, 0.29) is 0 Å². The number of nitrogens with one attached hydrogen (secondary N) is 2. The van der Waals surface area contributed by atoms with E-state index >= 15 is 0 Å². The Hall–Kier alpha value is -1.18. The number of carbonyl (C=O) groups is 1. The Morgan fingerprint density at radius 2 is 1.95 bits per heavy atom. The molecule has 7 heteroatoms. The molecule has 0 rings (SSSR count). The molecule has 0 saturated heterocycles. The molecule has 7 nitrogen and oxygen atoms in total. The second-order valence-corrected chi connectivity index (χ2v) is 5.30. The lowest BCUT2D eigenvalue weighted by atomic mass is 9.70. The van der Waals surface area contributed by atoms with Gasteiger partial charge in [0.15, 0.2) is 0 Å². The fourth-order valence-corrected chi connectivity index (χ4v) is 2.09. The Bertz CT molecular complexity index is 327. The molecule has 0 spiro atoms. The van der Waals surface area contributed by atoms with Crippen molar-refractivity contribution in [2.24, 2.45) is 5.92 Å². The Kier molecular flexibility index (Phi) is 5.92. The quantitative estimate of drug-likeness (QED) is 0.280. The predicted molar refractivity (Wildman–Crippen MR) is 67.4 cm³/mol. The molecular formula is C12H23N2O5-. The van der Waals surface area contributed by atoms with Crippen LogP contribution in [0, 0.1) is 11.3 Å². The summed E-state index contributed by atoms with van der Waals surface area (Å²) in [5, 5.41) is 49.7.